The Bertz CT molecular complexity index is 965. The summed E-state index contributed by atoms with van der Waals surface area (Å²) in [5.74, 6) is 2.28. The predicted molar refractivity (Wildman–Crippen MR) is 127 cm³/mol. The maximum absolute atomic E-state index is 12.5. The van der Waals surface area contributed by atoms with Crippen molar-refractivity contribution in [3.63, 3.8) is 0 Å². The zero-order chi connectivity index (χ0) is 22.4. The number of anilines is 1. The lowest BCUT2D eigenvalue weighted by Crippen LogP contribution is -2.31. The number of hydrogen-bond acceptors (Lipinski definition) is 6. The first-order chi connectivity index (χ1) is 14.9. The number of benzene rings is 2. The number of thioether (sulfide) groups is 1. The van der Waals surface area contributed by atoms with Crippen LogP contribution in [0.25, 0.3) is 6.08 Å². The SMILES string of the molecule is CCOc1cc(/C=C2\SC(Nc3cc(Cl)ccc3OC)NC2=O)ccc1OCC(C)C. The van der Waals surface area contributed by atoms with Gasteiger partial charge in [-0.15, -0.1) is 0 Å². The van der Waals surface area contributed by atoms with Gasteiger partial charge in [-0.2, -0.15) is 0 Å². The van der Waals surface area contributed by atoms with Crippen LogP contribution >= 0.6 is 23.4 Å². The summed E-state index contributed by atoms with van der Waals surface area (Å²) in [5.41, 5.74) is 1.23. The minimum absolute atomic E-state index is 0.151. The Morgan fingerprint density at radius 2 is 1.94 bits per heavy atom. The highest BCUT2D eigenvalue weighted by molar-refractivity contribution is 8.05. The molecular formula is C23H27ClN2O4S. The molecule has 31 heavy (non-hydrogen) atoms. The van der Waals surface area contributed by atoms with Gasteiger partial charge in [-0.1, -0.05) is 43.3 Å². The first-order valence-corrected chi connectivity index (χ1v) is 11.3. The molecule has 1 fully saturated rings. The Kier molecular flexibility index (Phi) is 7.98. The molecule has 1 heterocycles. The van der Waals surface area contributed by atoms with Crippen LogP contribution in [-0.4, -0.2) is 31.7 Å². The van der Waals surface area contributed by atoms with Gasteiger partial charge in [0.15, 0.2) is 17.0 Å². The van der Waals surface area contributed by atoms with E-state index in [0.717, 1.165) is 5.56 Å². The van der Waals surface area contributed by atoms with Gasteiger partial charge in [0, 0.05) is 5.02 Å². The third-order valence-corrected chi connectivity index (χ3v) is 5.58. The molecule has 0 radical (unpaired) electrons. The van der Waals surface area contributed by atoms with Crippen molar-refractivity contribution >= 4 is 41.0 Å². The predicted octanol–water partition coefficient (Wildman–Crippen LogP) is 5.38. The number of nitrogens with one attached hydrogen (secondary N) is 2. The van der Waals surface area contributed by atoms with Crippen LogP contribution in [0.3, 0.4) is 0 Å². The summed E-state index contributed by atoms with van der Waals surface area (Å²) in [4.78, 5) is 13.1. The molecule has 166 valence electrons. The smallest absolute Gasteiger partial charge is 0.260 e. The Morgan fingerprint density at radius 1 is 1.16 bits per heavy atom. The second-order valence-corrected chi connectivity index (χ2v) is 8.90. The van der Waals surface area contributed by atoms with Gasteiger partial charge >= 0.3 is 0 Å². The highest BCUT2D eigenvalue weighted by atomic mass is 35.5. The number of carbonyl (C=O) groups excluding carboxylic acids is 1. The highest BCUT2D eigenvalue weighted by Gasteiger charge is 2.28. The quantitative estimate of drug-likeness (QED) is 0.487. The average Bonchev–Trinajstić information content (AvgIpc) is 3.06. The lowest BCUT2D eigenvalue weighted by molar-refractivity contribution is -0.116. The molecule has 2 aromatic rings. The molecule has 0 aromatic heterocycles. The van der Waals surface area contributed by atoms with E-state index in [2.05, 4.69) is 24.5 Å². The van der Waals surface area contributed by atoms with Crippen LogP contribution in [0.5, 0.6) is 17.2 Å². The van der Waals surface area contributed by atoms with Crippen LogP contribution in [0.4, 0.5) is 5.69 Å². The van der Waals surface area contributed by atoms with Gasteiger partial charge in [0.05, 0.1) is 30.9 Å². The summed E-state index contributed by atoms with van der Waals surface area (Å²) in [6, 6.07) is 11.0. The van der Waals surface area contributed by atoms with E-state index in [9.17, 15) is 4.79 Å². The normalized spacial score (nSPS) is 17.0. The number of halogens is 1. The summed E-state index contributed by atoms with van der Waals surface area (Å²) in [5, 5.41) is 6.75. The summed E-state index contributed by atoms with van der Waals surface area (Å²) in [6.07, 6.45) is 1.84. The van der Waals surface area contributed by atoms with Crippen LogP contribution < -0.4 is 24.8 Å². The topological polar surface area (TPSA) is 68.8 Å². The van der Waals surface area contributed by atoms with Crippen molar-refractivity contribution in [2.24, 2.45) is 5.92 Å². The van der Waals surface area contributed by atoms with Crippen LogP contribution in [0.2, 0.25) is 5.02 Å². The molecule has 2 N–H and O–H groups in total. The molecule has 2 aromatic carbocycles. The van der Waals surface area contributed by atoms with E-state index in [1.165, 1.54) is 11.8 Å². The first-order valence-electron chi connectivity index (χ1n) is 10.1. The van der Waals surface area contributed by atoms with Crippen molar-refractivity contribution in [3.8, 4) is 17.2 Å². The van der Waals surface area contributed by atoms with Gasteiger partial charge in [-0.25, -0.2) is 0 Å². The monoisotopic (exact) mass is 462 g/mol. The molecule has 1 unspecified atom stereocenters. The van der Waals surface area contributed by atoms with Crippen molar-refractivity contribution < 1.29 is 19.0 Å². The number of methoxy groups -OCH3 is 1. The summed E-state index contributed by atoms with van der Waals surface area (Å²) < 4.78 is 16.9. The zero-order valence-electron chi connectivity index (χ0n) is 18.0. The third kappa shape index (κ3) is 6.24. The fourth-order valence-electron chi connectivity index (χ4n) is 2.91. The number of ether oxygens (including phenoxy) is 3. The first kappa shape index (κ1) is 23.2. The van der Waals surface area contributed by atoms with Crippen LogP contribution in [0.15, 0.2) is 41.3 Å². The largest absolute Gasteiger partial charge is 0.495 e. The molecule has 1 aliphatic rings. The van der Waals surface area contributed by atoms with Crippen LogP contribution in [0.1, 0.15) is 26.3 Å². The van der Waals surface area contributed by atoms with E-state index in [1.807, 2.05) is 31.2 Å². The van der Waals surface area contributed by atoms with Crippen molar-refractivity contribution in [1.82, 2.24) is 5.32 Å². The van der Waals surface area contributed by atoms with Crippen LogP contribution in [0, 0.1) is 5.92 Å². The lowest BCUT2D eigenvalue weighted by atomic mass is 10.2. The maximum Gasteiger partial charge on any atom is 0.260 e. The van der Waals surface area contributed by atoms with Crippen molar-refractivity contribution in [2.45, 2.75) is 26.3 Å². The number of carbonyl (C=O) groups is 1. The lowest BCUT2D eigenvalue weighted by Gasteiger charge is -2.16. The fraction of sp³-hybridized carbons (Fsp3) is 0.348. The molecular weight excluding hydrogens is 436 g/mol. The molecule has 0 saturated carbocycles. The summed E-state index contributed by atoms with van der Waals surface area (Å²) >= 11 is 7.48. The van der Waals surface area contributed by atoms with Gasteiger partial charge < -0.3 is 24.8 Å². The van der Waals surface area contributed by atoms with Gasteiger partial charge in [-0.3, -0.25) is 4.79 Å². The second-order valence-electron chi connectivity index (χ2n) is 7.31. The van der Waals surface area contributed by atoms with Crippen molar-refractivity contribution in [1.29, 1.82) is 0 Å². The third-order valence-electron chi connectivity index (χ3n) is 4.32. The Balaban J connectivity index is 1.75. The van der Waals surface area contributed by atoms with Crippen molar-refractivity contribution in [2.75, 3.05) is 25.6 Å². The van der Waals surface area contributed by atoms with Gasteiger partial charge in [0.25, 0.3) is 5.91 Å². The molecule has 1 amide bonds. The van der Waals surface area contributed by atoms with E-state index in [4.69, 9.17) is 25.8 Å². The molecule has 0 aliphatic carbocycles. The fourth-order valence-corrected chi connectivity index (χ4v) is 4.06. The minimum Gasteiger partial charge on any atom is -0.495 e. The molecule has 3 rings (SSSR count). The second kappa shape index (κ2) is 10.7. The molecule has 1 atom stereocenters. The number of hydrogen-bond donors (Lipinski definition) is 2. The number of rotatable bonds is 9. The molecule has 6 nitrogen and oxygen atoms in total. The van der Waals surface area contributed by atoms with Crippen molar-refractivity contribution in [3.05, 3.63) is 51.9 Å². The molecule has 8 heteroatoms. The van der Waals surface area contributed by atoms with E-state index in [0.29, 0.717) is 52.0 Å². The number of amides is 1. The Labute approximate surface area is 192 Å². The highest BCUT2D eigenvalue weighted by Crippen LogP contribution is 2.35. The van der Waals surface area contributed by atoms with E-state index in [-0.39, 0.29) is 11.4 Å². The van der Waals surface area contributed by atoms with E-state index in [1.54, 1.807) is 25.3 Å². The van der Waals surface area contributed by atoms with Gasteiger partial charge in [0.1, 0.15) is 5.75 Å². The molecule has 0 spiro atoms. The molecule has 1 saturated heterocycles. The molecule has 0 bridgehead atoms. The Hall–Kier alpha value is -2.51. The van der Waals surface area contributed by atoms with E-state index < -0.39 is 0 Å². The Morgan fingerprint density at radius 3 is 2.65 bits per heavy atom. The van der Waals surface area contributed by atoms with Gasteiger partial charge in [-0.05, 0) is 54.8 Å². The minimum atomic E-state index is -0.342. The summed E-state index contributed by atoms with van der Waals surface area (Å²) in [7, 11) is 1.59. The van der Waals surface area contributed by atoms with E-state index >= 15 is 0 Å². The summed E-state index contributed by atoms with van der Waals surface area (Å²) in [6.45, 7) is 7.26. The molecule has 1 aliphatic heterocycles. The van der Waals surface area contributed by atoms with Gasteiger partial charge in [0.2, 0.25) is 0 Å². The zero-order valence-corrected chi connectivity index (χ0v) is 19.6. The average molecular weight is 463 g/mol. The standard InChI is InChI=1S/C23H27ClN2O4S/c1-5-29-20-10-15(6-8-19(20)30-13-14(2)3)11-21-22(27)26-23(31-21)25-17-12-16(24)7-9-18(17)28-4/h6-12,14,23,25H,5,13H2,1-4H3,(H,26,27)/b21-11-. The maximum atomic E-state index is 12.5. The van der Waals surface area contributed by atoms with Crippen LogP contribution in [-0.2, 0) is 4.79 Å².